The number of halogens is 3. The predicted octanol–water partition coefficient (Wildman–Crippen LogP) is 2.11. The number of ether oxygens (including phenoxy) is 3. The Bertz CT molecular complexity index is 166. The fourth-order valence-corrected chi connectivity index (χ4v) is 1.17. The molecule has 0 aromatic heterocycles. The molecule has 0 radical (unpaired) electrons. The van der Waals surface area contributed by atoms with Crippen LogP contribution in [0.5, 0.6) is 0 Å². The fraction of sp³-hybridized carbons (Fsp3) is 1.00. The topological polar surface area (TPSA) is 27.7 Å². The lowest BCUT2D eigenvalue weighted by Gasteiger charge is -2.22. The Morgan fingerprint density at radius 3 is 2.40 bits per heavy atom. The van der Waals surface area contributed by atoms with Gasteiger partial charge >= 0.3 is 6.18 Å². The molecular weight excluding hydrogens is 213 g/mol. The van der Waals surface area contributed by atoms with Crippen molar-refractivity contribution in [1.82, 2.24) is 0 Å². The third kappa shape index (κ3) is 6.70. The van der Waals surface area contributed by atoms with E-state index in [1.165, 1.54) is 0 Å². The third-order valence-corrected chi connectivity index (χ3v) is 1.92. The molecule has 90 valence electrons. The predicted molar refractivity (Wildman–Crippen MR) is 46.4 cm³/mol. The highest BCUT2D eigenvalue weighted by atomic mass is 19.4. The molecule has 6 heteroatoms. The Kier molecular flexibility index (Phi) is 5.35. The Hall–Kier alpha value is -0.330. The van der Waals surface area contributed by atoms with Gasteiger partial charge in [0, 0.05) is 6.42 Å². The van der Waals surface area contributed by atoms with Crippen LogP contribution in [0.4, 0.5) is 13.2 Å². The Morgan fingerprint density at radius 2 is 1.80 bits per heavy atom. The maximum absolute atomic E-state index is 11.7. The van der Waals surface area contributed by atoms with Gasteiger partial charge in [0.15, 0.2) is 6.29 Å². The summed E-state index contributed by atoms with van der Waals surface area (Å²) in [7, 11) is 0. The van der Waals surface area contributed by atoms with Gasteiger partial charge in [0.05, 0.1) is 32.8 Å². The van der Waals surface area contributed by atoms with Gasteiger partial charge in [0.1, 0.15) is 0 Å². The van der Waals surface area contributed by atoms with Gasteiger partial charge in [-0.15, -0.1) is 0 Å². The van der Waals surface area contributed by atoms with E-state index in [-0.39, 0.29) is 19.5 Å². The summed E-state index contributed by atoms with van der Waals surface area (Å²) in [4.78, 5) is 0. The second-order valence-corrected chi connectivity index (χ2v) is 3.29. The molecule has 0 atom stereocenters. The van der Waals surface area contributed by atoms with Crippen LogP contribution in [0.1, 0.15) is 19.3 Å². The van der Waals surface area contributed by atoms with Crippen molar-refractivity contribution < 1.29 is 27.4 Å². The van der Waals surface area contributed by atoms with Crippen molar-refractivity contribution in [2.45, 2.75) is 31.7 Å². The van der Waals surface area contributed by atoms with Crippen molar-refractivity contribution in [2.75, 3.05) is 26.4 Å². The zero-order valence-corrected chi connectivity index (χ0v) is 8.39. The van der Waals surface area contributed by atoms with E-state index in [0.717, 1.165) is 6.42 Å². The van der Waals surface area contributed by atoms with Crippen molar-refractivity contribution >= 4 is 0 Å². The number of alkyl halides is 3. The summed E-state index contributed by atoms with van der Waals surface area (Å²) in [5, 5.41) is 0. The summed E-state index contributed by atoms with van der Waals surface area (Å²) in [5.74, 6) is 0. The summed E-state index contributed by atoms with van der Waals surface area (Å²) in [5.41, 5.74) is 0. The molecule has 0 N–H and O–H groups in total. The van der Waals surface area contributed by atoms with Gasteiger partial charge in [-0.2, -0.15) is 13.2 Å². The average molecular weight is 228 g/mol. The molecule has 0 unspecified atom stereocenters. The molecule has 0 amide bonds. The molecular formula is C9H15F3O3. The Morgan fingerprint density at radius 1 is 1.13 bits per heavy atom. The largest absolute Gasteiger partial charge is 0.391 e. The first-order chi connectivity index (χ1) is 7.08. The molecule has 0 saturated carbocycles. The fourth-order valence-electron chi connectivity index (χ4n) is 1.17. The van der Waals surface area contributed by atoms with Crippen LogP contribution in [0.2, 0.25) is 0 Å². The maximum atomic E-state index is 11.7. The van der Waals surface area contributed by atoms with E-state index in [4.69, 9.17) is 14.2 Å². The van der Waals surface area contributed by atoms with Crippen molar-refractivity contribution in [3.05, 3.63) is 0 Å². The summed E-state index contributed by atoms with van der Waals surface area (Å²) >= 11 is 0. The lowest BCUT2D eigenvalue weighted by molar-refractivity contribution is -0.188. The zero-order valence-electron chi connectivity index (χ0n) is 8.39. The lowest BCUT2D eigenvalue weighted by atomic mass is 10.4. The molecule has 1 aliphatic rings. The van der Waals surface area contributed by atoms with E-state index in [1.54, 1.807) is 0 Å². The smallest absolute Gasteiger partial charge is 0.381 e. The number of hydrogen-bond donors (Lipinski definition) is 0. The molecule has 1 fully saturated rings. The van der Waals surface area contributed by atoms with E-state index in [1.807, 2.05) is 0 Å². The number of rotatable bonds is 5. The summed E-state index contributed by atoms with van der Waals surface area (Å²) in [6.45, 7) is 1.23. The highest BCUT2D eigenvalue weighted by Crippen LogP contribution is 2.19. The van der Waals surface area contributed by atoms with Gasteiger partial charge in [-0.3, -0.25) is 0 Å². The van der Waals surface area contributed by atoms with Gasteiger partial charge in [-0.25, -0.2) is 0 Å². The zero-order chi connectivity index (χ0) is 11.1. The van der Waals surface area contributed by atoms with Crippen LogP contribution in [-0.4, -0.2) is 38.9 Å². The molecule has 0 spiro atoms. The minimum Gasteiger partial charge on any atom is -0.381 e. The summed E-state index contributed by atoms with van der Waals surface area (Å²) in [6.07, 6.45) is -4.01. The second-order valence-electron chi connectivity index (χ2n) is 3.29. The van der Waals surface area contributed by atoms with Crippen LogP contribution < -0.4 is 0 Å². The van der Waals surface area contributed by atoms with Crippen molar-refractivity contribution in [1.29, 1.82) is 0 Å². The van der Waals surface area contributed by atoms with E-state index in [9.17, 15) is 13.2 Å². The molecule has 1 saturated heterocycles. The molecule has 1 heterocycles. The molecule has 3 nitrogen and oxygen atoms in total. The first-order valence-electron chi connectivity index (χ1n) is 4.95. The summed E-state index contributed by atoms with van der Waals surface area (Å²) < 4.78 is 50.4. The normalized spacial score (nSPS) is 19.4. The maximum Gasteiger partial charge on any atom is 0.391 e. The van der Waals surface area contributed by atoms with Crippen molar-refractivity contribution in [3.63, 3.8) is 0 Å². The van der Waals surface area contributed by atoms with Gasteiger partial charge in [0.2, 0.25) is 0 Å². The molecule has 0 bridgehead atoms. The van der Waals surface area contributed by atoms with E-state index in [0.29, 0.717) is 19.6 Å². The second kappa shape index (κ2) is 6.30. The van der Waals surface area contributed by atoms with Crippen LogP contribution in [0.25, 0.3) is 0 Å². The molecule has 0 aromatic rings. The number of hydrogen-bond acceptors (Lipinski definition) is 3. The monoisotopic (exact) mass is 228 g/mol. The van der Waals surface area contributed by atoms with Gasteiger partial charge in [0.25, 0.3) is 0 Å². The minimum absolute atomic E-state index is 0.237. The SMILES string of the molecule is FC(F)(F)CCOCCC1OCCCO1. The van der Waals surface area contributed by atoms with Gasteiger partial charge < -0.3 is 14.2 Å². The van der Waals surface area contributed by atoms with Crippen LogP contribution in [0.3, 0.4) is 0 Å². The van der Waals surface area contributed by atoms with E-state index in [2.05, 4.69) is 0 Å². The molecule has 0 aliphatic carbocycles. The van der Waals surface area contributed by atoms with E-state index < -0.39 is 12.6 Å². The highest BCUT2D eigenvalue weighted by Gasteiger charge is 2.26. The van der Waals surface area contributed by atoms with Crippen LogP contribution in [-0.2, 0) is 14.2 Å². The quantitative estimate of drug-likeness (QED) is 0.674. The average Bonchev–Trinajstić information content (AvgIpc) is 2.17. The van der Waals surface area contributed by atoms with Crippen molar-refractivity contribution in [3.8, 4) is 0 Å². The standard InChI is InChI=1S/C9H15F3O3/c10-9(11,12)3-7-13-6-2-8-14-4-1-5-15-8/h8H,1-7H2. The molecule has 1 rings (SSSR count). The van der Waals surface area contributed by atoms with Crippen molar-refractivity contribution in [2.24, 2.45) is 0 Å². The third-order valence-electron chi connectivity index (χ3n) is 1.92. The van der Waals surface area contributed by atoms with Crippen LogP contribution >= 0.6 is 0 Å². The van der Waals surface area contributed by atoms with Crippen LogP contribution in [0, 0.1) is 0 Å². The molecule has 1 aliphatic heterocycles. The molecule has 0 aromatic carbocycles. The first kappa shape index (κ1) is 12.7. The van der Waals surface area contributed by atoms with E-state index >= 15 is 0 Å². The van der Waals surface area contributed by atoms with Gasteiger partial charge in [-0.1, -0.05) is 0 Å². The first-order valence-corrected chi connectivity index (χ1v) is 4.95. The van der Waals surface area contributed by atoms with Gasteiger partial charge in [-0.05, 0) is 6.42 Å². The lowest BCUT2D eigenvalue weighted by Crippen LogP contribution is -2.26. The molecule has 15 heavy (non-hydrogen) atoms. The Labute approximate surface area is 86.5 Å². The van der Waals surface area contributed by atoms with Crippen LogP contribution in [0.15, 0.2) is 0 Å². The summed E-state index contributed by atoms with van der Waals surface area (Å²) in [6, 6.07) is 0. The highest BCUT2D eigenvalue weighted by molar-refractivity contribution is 4.52. The minimum atomic E-state index is -4.14. The Balaban J connectivity index is 1.92.